The molecule has 1 unspecified atom stereocenters. The van der Waals surface area contributed by atoms with Crippen molar-refractivity contribution in [1.29, 1.82) is 0 Å². The first-order valence-electron chi connectivity index (χ1n) is 7.23. The van der Waals surface area contributed by atoms with Gasteiger partial charge in [-0.2, -0.15) is 0 Å². The highest BCUT2D eigenvalue weighted by atomic mass is 16.5. The molecule has 1 aromatic carbocycles. The lowest BCUT2D eigenvalue weighted by atomic mass is 10.1. The van der Waals surface area contributed by atoms with E-state index < -0.39 is 6.10 Å². The fraction of sp³-hybridized carbons (Fsp3) is 0.353. The minimum Gasteiger partial charge on any atom is -0.386 e. The largest absolute Gasteiger partial charge is 0.386 e. The maximum absolute atomic E-state index is 10.0. The lowest BCUT2D eigenvalue weighted by Gasteiger charge is -2.12. The van der Waals surface area contributed by atoms with Crippen LogP contribution >= 0.6 is 0 Å². The number of pyridine rings is 1. The first-order valence-corrected chi connectivity index (χ1v) is 7.23. The van der Waals surface area contributed by atoms with Gasteiger partial charge in [0.15, 0.2) is 0 Å². The number of aliphatic hydroxyl groups excluding tert-OH is 1. The summed E-state index contributed by atoms with van der Waals surface area (Å²) in [6, 6.07) is 11.7. The molecule has 0 aliphatic heterocycles. The molecular formula is C17H22N2O2. The first kappa shape index (κ1) is 15.6. The van der Waals surface area contributed by atoms with Crippen molar-refractivity contribution in [2.75, 3.05) is 13.2 Å². The fourth-order valence-electron chi connectivity index (χ4n) is 2.09. The molecule has 0 aliphatic carbocycles. The number of nitrogens with zero attached hydrogens (tertiary/aromatic N) is 1. The average Bonchev–Trinajstić information content (AvgIpc) is 2.55. The standard InChI is InChI=1S/C17H22N2O2/c18-12-15-3-5-16(6-4-15)17(20)13-21-11-1-2-14-7-9-19-10-8-14/h3-10,17,20H,1-2,11-13,18H2. The second-order valence-corrected chi connectivity index (χ2v) is 5.00. The Bertz CT molecular complexity index is 514. The molecule has 4 nitrogen and oxygen atoms in total. The Morgan fingerprint density at radius 2 is 1.76 bits per heavy atom. The van der Waals surface area contributed by atoms with Crippen LogP contribution in [0.15, 0.2) is 48.8 Å². The molecule has 2 rings (SSSR count). The first-order chi connectivity index (χ1) is 10.3. The Kier molecular flexibility index (Phi) is 6.34. The topological polar surface area (TPSA) is 68.4 Å². The number of aryl methyl sites for hydroxylation is 1. The number of aromatic nitrogens is 1. The van der Waals surface area contributed by atoms with Crippen molar-refractivity contribution in [3.63, 3.8) is 0 Å². The zero-order chi connectivity index (χ0) is 14.9. The summed E-state index contributed by atoms with van der Waals surface area (Å²) in [5.41, 5.74) is 8.72. The van der Waals surface area contributed by atoms with Gasteiger partial charge in [-0.15, -0.1) is 0 Å². The fourth-order valence-corrected chi connectivity index (χ4v) is 2.09. The highest BCUT2D eigenvalue weighted by molar-refractivity contribution is 5.24. The zero-order valence-electron chi connectivity index (χ0n) is 12.1. The quantitative estimate of drug-likeness (QED) is 0.730. The van der Waals surface area contributed by atoms with Gasteiger partial charge in [0.1, 0.15) is 6.10 Å². The highest BCUT2D eigenvalue weighted by Crippen LogP contribution is 2.14. The molecule has 1 atom stereocenters. The maximum atomic E-state index is 10.0. The van der Waals surface area contributed by atoms with E-state index >= 15 is 0 Å². The van der Waals surface area contributed by atoms with Crippen LogP contribution in [0.25, 0.3) is 0 Å². The molecule has 0 fully saturated rings. The minimum absolute atomic E-state index is 0.318. The molecule has 4 heteroatoms. The smallest absolute Gasteiger partial charge is 0.102 e. The van der Waals surface area contributed by atoms with Gasteiger partial charge >= 0.3 is 0 Å². The van der Waals surface area contributed by atoms with Crippen molar-refractivity contribution < 1.29 is 9.84 Å². The normalized spacial score (nSPS) is 12.3. The molecule has 0 radical (unpaired) electrons. The van der Waals surface area contributed by atoms with E-state index in [4.69, 9.17) is 10.5 Å². The average molecular weight is 286 g/mol. The summed E-state index contributed by atoms with van der Waals surface area (Å²) in [5.74, 6) is 0. The van der Waals surface area contributed by atoms with Crippen molar-refractivity contribution in [2.45, 2.75) is 25.5 Å². The van der Waals surface area contributed by atoms with E-state index in [0.29, 0.717) is 19.8 Å². The lowest BCUT2D eigenvalue weighted by Crippen LogP contribution is -2.09. The van der Waals surface area contributed by atoms with Gasteiger partial charge in [-0.3, -0.25) is 4.98 Å². The minimum atomic E-state index is -0.585. The lowest BCUT2D eigenvalue weighted by molar-refractivity contribution is 0.0352. The SMILES string of the molecule is NCc1ccc(C(O)COCCCc2ccncc2)cc1. The Labute approximate surface area is 125 Å². The second-order valence-electron chi connectivity index (χ2n) is 5.00. The summed E-state index contributed by atoms with van der Waals surface area (Å²) in [6.45, 7) is 1.47. The third-order valence-electron chi connectivity index (χ3n) is 3.38. The number of aliphatic hydroxyl groups is 1. The molecule has 2 aromatic rings. The molecule has 1 aromatic heterocycles. The van der Waals surface area contributed by atoms with E-state index in [1.54, 1.807) is 12.4 Å². The van der Waals surface area contributed by atoms with Crippen molar-refractivity contribution in [1.82, 2.24) is 4.98 Å². The van der Waals surface area contributed by atoms with Crippen LogP contribution in [0.5, 0.6) is 0 Å². The van der Waals surface area contributed by atoms with Gasteiger partial charge in [0.25, 0.3) is 0 Å². The Balaban J connectivity index is 1.65. The van der Waals surface area contributed by atoms with Gasteiger partial charge in [0, 0.05) is 25.5 Å². The summed E-state index contributed by atoms with van der Waals surface area (Å²) >= 11 is 0. The van der Waals surface area contributed by atoms with Crippen LogP contribution in [-0.4, -0.2) is 23.3 Å². The van der Waals surface area contributed by atoms with E-state index in [1.807, 2.05) is 36.4 Å². The van der Waals surface area contributed by atoms with E-state index in [2.05, 4.69) is 4.98 Å². The van der Waals surface area contributed by atoms with E-state index in [9.17, 15) is 5.11 Å². The van der Waals surface area contributed by atoms with Crippen molar-refractivity contribution in [3.05, 3.63) is 65.5 Å². The Morgan fingerprint density at radius 3 is 2.43 bits per heavy atom. The van der Waals surface area contributed by atoms with Crippen LogP contribution in [0, 0.1) is 0 Å². The number of rotatable bonds is 8. The maximum Gasteiger partial charge on any atom is 0.102 e. The second kappa shape index (κ2) is 8.52. The van der Waals surface area contributed by atoms with Crippen molar-refractivity contribution in [3.8, 4) is 0 Å². The zero-order valence-corrected chi connectivity index (χ0v) is 12.1. The van der Waals surface area contributed by atoms with E-state index in [-0.39, 0.29) is 0 Å². The van der Waals surface area contributed by atoms with E-state index in [0.717, 1.165) is 24.0 Å². The van der Waals surface area contributed by atoms with E-state index in [1.165, 1.54) is 5.56 Å². The van der Waals surface area contributed by atoms with Crippen molar-refractivity contribution >= 4 is 0 Å². The van der Waals surface area contributed by atoms with Crippen LogP contribution in [0.4, 0.5) is 0 Å². The van der Waals surface area contributed by atoms with Gasteiger partial charge in [0.2, 0.25) is 0 Å². The Morgan fingerprint density at radius 1 is 1.05 bits per heavy atom. The van der Waals surface area contributed by atoms with Gasteiger partial charge in [-0.25, -0.2) is 0 Å². The third-order valence-corrected chi connectivity index (χ3v) is 3.38. The molecule has 1 heterocycles. The molecule has 0 spiro atoms. The van der Waals surface area contributed by atoms with Crippen LogP contribution in [-0.2, 0) is 17.7 Å². The Hall–Kier alpha value is -1.75. The third kappa shape index (κ3) is 5.27. The molecule has 0 saturated carbocycles. The van der Waals surface area contributed by atoms with Crippen molar-refractivity contribution in [2.24, 2.45) is 5.73 Å². The van der Waals surface area contributed by atoms with Gasteiger partial charge in [-0.1, -0.05) is 24.3 Å². The molecule has 3 N–H and O–H groups in total. The summed E-state index contributed by atoms with van der Waals surface area (Å²) in [4.78, 5) is 3.99. The number of nitrogens with two attached hydrogens (primary N) is 1. The predicted molar refractivity (Wildman–Crippen MR) is 82.7 cm³/mol. The van der Waals surface area contributed by atoms with Crippen LogP contribution in [0.1, 0.15) is 29.2 Å². The highest BCUT2D eigenvalue weighted by Gasteiger charge is 2.07. The number of hydrogen-bond acceptors (Lipinski definition) is 4. The van der Waals surface area contributed by atoms with Gasteiger partial charge < -0.3 is 15.6 Å². The predicted octanol–water partition coefficient (Wildman–Crippen LogP) is 2.22. The molecule has 0 bridgehead atoms. The summed E-state index contributed by atoms with van der Waals surface area (Å²) in [5, 5.41) is 10.0. The van der Waals surface area contributed by atoms with Crippen LogP contribution in [0.2, 0.25) is 0 Å². The number of ether oxygens (including phenoxy) is 1. The van der Waals surface area contributed by atoms with Crippen LogP contribution < -0.4 is 5.73 Å². The van der Waals surface area contributed by atoms with Gasteiger partial charge in [0.05, 0.1) is 6.61 Å². The monoisotopic (exact) mass is 286 g/mol. The summed E-state index contributed by atoms with van der Waals surface area (Å²) in [7, 11) is 0. The molecule has 0 saturated heterocycles. The molecule has 112 valence electrons. The molecular weight excluding hydrogens is 264 g/mol. The van der Waals surface area contributed by atoms with Crippen LogP contribution in [0.3, 0.4) is 0 Å². The summed E-state index contributed by atoms with van der Waals surface area (Å²) in [6.07, 6.45) is 4.90. The molecule has 0 aliphatic rings. The molecule has 21 heavy (non-hydrogen) atoms. The molecule has 0 amide bonds. The van der Waals surface area contributed by atoms with Gasteiger partial charge in [-0.05, 0) is 41.7 Å². The number of hydrogen-bond donors (Lipinski definition) is 2. The number of benzene rings is 1. The summed E-state index contributed by atoms with van der Waals surface area (Å²) < 4.78 is 5.54.